The van der Waals surface area contributed by atoms with Crippen molar-refractivity contribution in [3.05, 3.63) is 0 Å². The van der Waals surface area contributed by atoms with Crippen LogP contribution in [0.1, 0.15) is 19.8 Å². The molecule has 0 spiro atoms. The zero-order valence-electron chi connectivity index (χ0n) is 7.77. The molecule has 0 saturated carbocycles. The lowest BCUT2D eigenvalue weighted by atomic mass is 9.88. The lowest BCUT2D eigenvalue weighted by Crippen LogP contribution is -2.68. The molecule has 4 nitrogen and oxygen atoms in total. The van der Waals surface area contributed by atoms with Crippen molar-refractivity contribution in [2.75, 3.05) is 13.2 Å². The summed E-state index contributed by atoms with van der Waals surface area (Å²) in [5, 5.41) is 8.98. The van der Waals surface area contributed by atoms with Gasteiger partial charge in [-0.25, -0.2) is 0 Å². The Morgan fingerprint density at radius 2 is 2.23 bits per heavy atom. The maximum atomic E-state index is 10.9. The molecule has 0 aliphatic carbocycles. The highest BCUT2D eigenvalue weighted by atomic mass is 16.5. The fraction of sp³-hybridized carbons (Fsp3) is 0.889. The second kappa shape index (κ2) is 3.27. The van der Waals surface area contributed by atoms with E-state index in [0.717, 1.165) is 6.42 Å². The molecule has 0 unspecified atom stereocenters. The van der Waals surface area contributed by atoms with Crippen LogP contribution in [0.5, 0.6) is 0 Å². The Hall–Kier alpha value is -0.610. The second-order valence-electron chi connectivity index (χ2n) is 3.79. The molecule has 3 aliphatic rings. The first kappa shape index (κ1) is 8.97. The van der Waals surface area contributed by atoms with Crippen molar-refractivity contribution >= 4 is 5.97 Å². The Kier molecular flexibility index (Phi) is 2.26. The SMILES string of the molecule is CC[C@H](C(=O)O)N1[C@H]2COC[C@H]1C2. The molecule has 4 heteroatoms. The summed E-state index contributed by atoms with van der Waals surface area (Å²) < 4.78 is 5.30. The van der Waals surface area contributed by atoms with Gasteiger partial charge in [-0.1, -0.05) is 6.92 Å². The minimum absolute atomic E-state index is 0.298. The van der Waals surface area contributed by atoms with Crippen molar-refractivity contribution in [1.82, 2.24) is 4.90 Å². The lowest BCUT2D eigenvalue weighted by molar-refractivity contribution is -0.172. The summed E-state index contributed by atoms with van der Waals surface area (Å²) in [6.07, 6.45) is 1.80. The largest absolute Gasteiger partial charge is 0.480 e. The van der Waals surface area contributed by atoms with Crippen LogP contribution in [0.15, 0.2) is 0 Å². The predicted octanol–water partition coefficient (Wildman–Crippen LogP) is 0.323. The molecular formula is C9H15NO3. The molecule has 3 aliphatic heterocycles. The third-order valence-corrected chi connectivity index (χ3v) is 3.04. The standard InChI is InChI=1S/C9H15NO3/c1-2-8(9(11)12)10-6-3-7(10)5-13-4-6/h6-8H,2-5H2,1H3,(H,11,12)/t6-,7-,8-/m1/s1. The molecule has 3 rings (SSSR count). The van der Waals surface area contributed by atoms with Crippen LogP contribution in [-0.4, -0.2) is 47.3 Å². The summed E-state index contributed by atoms with van der Waals surface area (Å²) in [6, 6.07) is 0.423. The fourth-order valence-electron chi connectivity index (χ4n) is 2.39. The van der Waals surface area contributed by atoms with Gasteiger partial charge < -0.3 is 9.84 Å². The number of rotatable bonds is 3. The van der Waals surface area contributed by atoms with Gasteiger partial charge in [0.25, 0.3) is 0 Å². The van der Waals surface area contributed by atoms with Gasteiger partial charge in [0.05, 0.1) is 13.2 Å². The van der Waals surface area contributed by atoms with E-state index in [1.54, 1.807) is 0 Å². The molecule has 0 amide bonds. The highest BCUT2D eigenvalue weighted by molar-refractivity contribution is 5.73. The minimum atomic E-state index is -0.695. The van der Waals surface area contributed by atoms with E-state index in [1.807, 2.05) is 6.92 Å². The number of aliphatic carboxylic acids is 1. The summed E-state index contributed by atoms with van der Waals surface area (Å²) in [6.45, 7) is 3.34. The van der Waals surface area contributed by atoms with Crippen molar-refractivity contribution in [3.8, 4) is 0 Å². The van der Waals surface area contributed by atoms with E-state index in [2.05, 4.69) is 4.90 Å². The van der Waals surface area contributed by atoms with Gasteiger partial charge in [-0.3, -0.25) is 9.69 Å². The number of carboxylic acids is 1. The van der Waals surface area contributed by atoms with Gasteiger partial charge in [-0.2, -0.15) is 0 Å². The topological polar surface area (TPSA) is 49.8 Å². The molecule has 0 aromatic rings. The number of hydrogen-bond acceptors (Lipinski definition) is 3. The number of fused-ring (bicyclic) bond motifs is 2. The van der Waals surface area contributed by atoms with Gasteiger partial charge >= 0.3 is 5.97 Å². The Bertz CT molecular complexity index is 205. The third kappa shape index (κ3) is 1.34. The first-order valence-electron chi connectivity index (χ1n) is 4.82. The molecule has 3 fully saturated rings. The van der Waals surface area contributed by atoms with Crippen LogP contribution in [0.4, 0.5) is 0 Å². The van der Waals surface area contributed by atoms with E-state index < -0.39 is 5.97 Å². The molecule has 3 atom stereocenters. The molecule has 74 valence electrons. The van der Waals surface area contributed by atoms with Gasteiger partial charge in [-0.05, 0) is 12.8 Å². The van der Waals surface area contributed by atoms with Gasteiger partial charge in [0, 0.05) is 12.1 Å². The van der Waals surface area contributed by atoms with Crippen LogP contribution >= 0.6 is 0 Å². The van der Waals surface area contributed by atoms with E-state index in [1.165, 1.54) is 0 Å². The molecule has 0 radical (unpaired) electrons. The Morgan fingerprint density at radius 1 is 1.62 bits per heavy atom. The summed E-state index contributed by atoms with van der Waals surface area (Å²) in [7, 11) is 0. The van der Waals surface area contributed by atoms with E-state index in [-0.39, 0.29) is 6.04 Å². The van der Waals surface area contributed by atoms with E-state index in [0.29, 0.717) is 31.7 Å². The molecule has 0 aromatic carbocycles. The van der Waals surface area contributed by atoms with Crippen molar-refractivity contribution < 1.29 is 14.6 Å². The summed E-state index contributed by atoms with van der Waals surface area (Å²) >= 11 is 0. The van der Waals surface area contributed by atoms with Crippen LogP contribution in [0, 0.1) is 0 Å². The molecule has 3 saturated heterocycles. The van der Waals surface area contributed by atoms with Gasteiger partial charge in [0.15, 0.2) is 0 Å². The van der Waals surface area contributed by atoms with Crippen molar-refractivity contribution in [2.45, 2.75) is 37.9 Å². The predicted molar refractivity (Wildman–Crippen MR) is 46.6 cm³/mol. The zero-order valence-corrected chi connectivity index (χ0v) is 7.77. The average Bonchev–Trinajstić information content (AvgIpc) is 2.14. The highest BCUT2D eigenvalue weighted by Gasteiger charge is 2.47. The van der Waals surface area contributed by atoms with E-state index >= 15 is 0 Å². The van der Waals surface area contributed by atoms with Crippen LogP contribution in [-0.2, 0) is 9.53 Å². The lowest BCUT2D eigenvalue weighted by Gasteiger charge is -2.54. The summed E-state index contributed by atoms with van der Waals surface area (Å²) in [5.41, 5.74) is 0. The number of carbonyl (C=O) groups is 1. The number of carboxylic acid groups (broad SMARTS) is 1. The Labute approximate surface area is 77.5 Å². The normalized spacial score (nSPS) is 35.2. The number of morpholine rings is 1. The molecule has 13 heavy (non-hydrogen) atoms. The monoisotopic (exact) mass is 185 g/mol. The van der Waals surface area contributed by atoms with Gasteiger partial charge in [-0.15, -0.1) is 0 Å². The maximum absolute atomic E-state index is 10.9. The molecular weight excluding hydrogens is 170 g/mol. The molecule has 2 bridgehead atoms. The van der Waals surface area contributed by atoms with Crippen LogP contribution in [0.25, 0.3) is 0 Å². The van der Waals surface area contributed by atoms with Gasteiger partial charge in [0.2, 0.25) is 0 Å². The van der Waals surface area contributed by atoms with Crippen LogP contribution in [0.3, 0.4) is 0 Å². The van der Waals surface area contributed by atoms with Gasteiger partial charge in [0.1, 0.15) is 6.04 Å². The summed E-state index contributed by atoms with van der Waals surface area (Å²) in [5.74, 6) is -0.695. The zero-order chi connectivity index (χ0) is 9.42. The molecule has 3 heterocycles. The smallest absolute Gasteiger partial charge is 0.320 e. The molecule has 1 N–H and O–H groups in total. The first-order chi connectivity index (χ1) is 6.24. The Morgan fingerprint density at radius 3 is 2.62 bits per heavy atom. The number of ether oxygens (including phenoxy) is 1. The van der Waals surface area contributed by atoms with Crippen LogP contribution in [0.2, 0.25) is 0 Å². The average molecular weight is 185 g/mol. The number of nitrogens with zero attached hydrogens (tertiary/aromatic N) is 1. The minimum Gasteiger partial charge on any atom is -0.480 e. The molecule has 0 aromatic heterocycles. The van der Waals surface area contributed by atoms with Crippen molar-refractivity contribution in [1.29, 1.82) is 0 Å². The van der Waals surface area contributed by atoms with E-state index in [4.69, 9.17) is 9.84 Å². The maximum Gasteiger partial charge on any atom is 0.320 e. The second-order valence-corrected chi connectivity index (χ2v) is 3.79. The van der Waals surface area contributed by atoms with E-state index in [9.17, 15) is 4.79 Å². The fourth-order valence-corrected chi connectivity index (χ4v) is 2.39. The number of hydrogen-bond donors (Lipinski definition) is 1. The first-order valence-corrected chi connectivity index (χ1v) is 4.82. The van der Waals surface area contributed by atoms with Crippen molar-refractivity contribution in [3.63, 3.8) is 0 Å². The summed E-state index contributed by atoms with van der Waals surface area (Å²) in [4.78, 5) is 13.0. The van der Waals surface area contributed by atoms with Crippen molar-refractivity contribution in [2.24, 2.45) is 0 Å². The highest BCUT2D eigenvalue weighted by Crippen LogP contribution is 2.33. The quantitative estimate of drug-likeness (QED) is 0.688. The Balaban J connectivity index is 2.03. The van der Waals surface area contributed by atoms with Crippen LogP contribution < -0.4 is 0 Å². The third-order valence-electron chi connectivity index (χ3n) is 3.04.